The maximum absolute atomic E-state index is 14.0. The Hall–Kier alpha value is -2.25. The number of ether oxygens (including phenoxy) is 1. The third-order valence-electron chi connectivity index (χ3n) is 3.87. The fourth-order valence-corrected chi connectivity index (χ4v) is 2.82. The largest absolute Gasteiger partial charge is 0.376 e. The van der Waals surface area contributed by atoms with Gasteiger partial charge in [-0.25, -0.2) is 9.07 Å². The van der Waals surface area contributed by atoms with E-state index >= 15 is 0 Å². The molecule has 7 heteroatoms. The van der Waals surface area contributed by atoms with Gasteiger partial charge in [0.1, 0.15) is 17.3 Å². The van der Waals surface area contributed by atoms with Crippen molar-refractivity contribution in [1.82, 2.24) is 14.7 Å². The quantitative estimate of drug-likeness (QED) is 0.930. The normalized spacial score (nSPS) is 18.5. The summed E-state index contributed by atoms with van der Waals surface area (Å²) in [5.74, 6) is -0.0800. The molecular weight excluding hydrogens is 311 g/mol. The summed E-state index contributed by atoms with van der Waals surface area (Å²) in [6, 6.07) is 8.07. The molecule has 128 valence electrons. The highest BCUT2D eigenvalue weighted by molar-refractivity contribution is 5.91. The first-order valence-corrected chi connectivity index (χ1v) is 7.98. The molecule has 2 heterocycles. The SMILES string of the molecule is Cc1cc(NC(=O)CN2CCOC(C)C2)n(-c2ccccc2F)n1. The first kappa shape index (κ1) is 16.6. The van der Waals surface area contributed by atoms with E-state index in [9.17, 15) is 9.18 Å². The van der Waals surface area contributed by atoms with Crippen LogP contribution in [0.2, 0.25) is 0 Å². The minimum absolute atomic E-state index is 0.123. The number of benzene rings is 1. The highest BCUT2D eigenvalue weighted by atomic mass is 19.1. The number of para-hydroxylation sites is 1. The molecule has 1 N–H and O–H groups in total. The van der Waals surface area contributed by atoms with Gasteiger partial charge >= 0.3 is 0 Å². The van der Waals surface area contributed by atoms with E-state index < -0.39 is 5.82 Å². The Balaban J connectivity index is 1.73. The number of carbonyl (C=O) groups is 1. The van der Waals surface area contributed by atoms with Gasteiger partial charge in [-0.3, -0.25) is 9.69 Å². The lowest BCUT2D eigenvalue weighted by Crippen LogP contribution is -2.44. The second kappa shape index (κ2) is 7.11. The molecule has 1 aliphatic rings. The Morgan fingerprint density at radius 3 is 3.00 bits per heavy atom. The number of aromatic nitrogens is 2. The Morgan fingerprint density at radius 2 is 2.25 bits per heavy atom. The second-order valence-corrected chi connectivity index (χ2v) is 6.00. The van der Waals surface area contributed by atoms with E-state index in [2.05, 4.69) is 10.4 Å². The predicted octanol–water partition coefficient (Wildman–Crippen LogP) is 1.98. The molecule has 2 aromatic rings. The zero-order valence-corrected chi connectivity index (χ0v) is 13.8. The van der Waals surface area contributed by atoms with E-state index in [1.165, 1.54) is 10.7 Å². The number of halogens is 1. The van der Waals surface area contributed by atoms with E-state index in [1.54, 1.807) is 31.2 Å². The molecule has 1 atom stereocenters. The van der Waals surface area contributed by atoms with Gasteiger partial charge in [-0.1, -0.05) is 12.1 Å². The van der Waals surface area contributed by atoms with Crippen molar-refractivity contribution in [3.8, 4) is 5.69 Å². The second-order valence-electron chi connectivity index (χ2n) is 6.00. The number of nitrogens with one attached hydrogen (secondary N) is 1. The average molecular weight is 332 g/mol. The molecule has 1 fully saturated rings. The molecule has 0 aliphatic carbocycles. The van der Waals surface area contributed by atoms with E-state index in [4.69, 9.17) is 4.74 Å². The fraction of sp³-hybridized carbons (Fsp3) is 0.412. The first-order valence-electron chi connectivity index (χ1n) is 7.98. The highest BCUT2D eigenvalue weighted by Crippen LogP contribution is 2.19. The standard InChI is InChI=1S/C17H21FN4O2/c1-12-9-16(22(20-12)15-6-4-3-5-14(15)18)19-17(23)11-21-7-8-24-13(2)10-21/h3-6,9,13H,7-8,10-11H2,1-2H3,(H,19,23). The maximum atomic E-state index is 14.0. The van der Waals surface area contributed by atoms with Crippen LogP contribution < -0.4 is 5.32 Å². The number of nitrogens with zero attached hydrogens (tertiary/aromatic N) is 3. The highest BCUT2D eigenvalue weighted by Gasteiger charge is 2.20. The molecule has 1 saturated heterocycles. The molecule has 6 nitrogen and oxygen atoms in total. The van der Waals surface area contributed by atoms with Gasteiger partial charge in [-0.05, 0) is 26.0 Å². The number of hydrogen-bond donors (Lipinski definition) is 1. The molecule has 1 aromatic heterocycles. The first-order chi connectivity index (χ1) is 11.5. The Bertz CT molecular complexity index is 731. The predicted molar refractivity (Wildman–Crippen MR) is 88.7 cm³/mol. The van der Waals surface area contributed by atoms with Gasteiger partial charge in [-0.15, -0.1) is 0 Å². The molecule has 0 saturated carbocycles. The van der Waals surface area contributed by atoms with Crippen LogP contribution in [0.15, 0.2) is 30.3 Å². The summed E-state index contributed by atoms with van der Waals surface area (Å²) >= 11 is 0. The fourth-order valence-electron chi connectivity index (χ4n) is 2.82. The number of amides is 1. The smallest absolute Gasteiger partial charge is 0.239 e. The molecular formula is C17H21FN4O2. The topological polar surface area (TPSA) is 59.4 Å². The van der Waals surface area contributed by atoms with E-state index in [0.29, 0.717) is 23.8 Å². The van der Waals surface area contributed by atoms with Crippen molar-refractivity contribution < 1.29 is 13.9 Å². The average Bonchev–Trinajstić information content (AvgIpc) is 2.88. The minimum atomic E-state index is -0.391. The van der Waals surface area contributed by atoms with Crippen LogP contribution in [-0.4, -0.2) is 52.9 Å². The number of rotatable bonds is 4. The van der Waals surface area contributed by atoms with Gasteiger partial charge in [0.15, 0.2) is 0 Å². The van der Waals surface area contributed by atoms with Crippen molar-refractivity contribution in [3.05, 3.63) is 41.8 Å². The molecule has 0 radical (unpaired) electrons. The van der Waals surface area contributed by atoms with Crippen LogP contribution in [0.25, 0.3) is 5.69 Å². The van der Waals surface area contributed by atoms with Crippen LogP contribution in [0.4, 0.5) is 10.2 Å². The summed E-state index contributed by atoms with van der Waals surface area (Å²) in [4.78, 5) is 14.4. The Labute approximate surface area is 140 Å². The lowest BCUT2D eigenvalue weighted by Gasteiger charge is -2.30. The van der Waals surface area contributed by atoms with Crippen LogP contribution >= 0.6 is 0 Å². The molecule has 0 spiro atoms. The van der Waals surface area contributed by atoms with E-state index in [1.807, 2.05) is 11.8 Å². The molecule has 1 amide bonds. The van der Waals surface area contributed by atoms with Gasteiger partial charge < -0.3 is 10.1 Å². The van der Waals surface area contributed by atoms with Gasteiger partial charge in [0.2, 0.25) is 5.91 Å². The number of hydrogen-bond acceptors (Lipinski definition) is 4. The van der Waals surface area contributed by atoms with Gasteiger partial charge in [-0.2, -0.15) is 5.10 Å². The third-order valence-corrected chi connectivity index (χ3v) is 3.87. The molecule has 0 bridgehead atoms. The summed E-state index contributed by atoms with van der Waals surface area (Å²) in [6.45, 7) is 6.13. The van der Waals surface area contributed by atoms with Gasteiger partial charge in [0.05, 0.1) is 24.9 Å². The number of anilines is 1. The van der Waals surface area contributed by atoms with Crippen LogP contribution in [0, 0.1) is 12.7 Å². The van der Waals surface area contributed by atoms with Crippen LogP contribution in [-0.2, 0) is 9.53 Å². The van der Waals surface area contributed by atoms with Crippen molar-refractivity contribution >= 4 is 11.7 Å². The lowest BCUT2D eigenvalue weighted by molar-refractivity contribution is -0.119. The van der Waals surface area contributed by atoms with Crippen molar-refractivity contribution in [3.63, 3.8) is 0 Å². The molecule has 3 rings (SSSR count). The zero-order chi connectivity index (χ0) is 17.1. The van der Waals surface area contributed by atoms with E-state index in [-0.39, 0.29) is 18.6 Å². The van der Waals surface area contributed by atoms with Gasteiger partial charge in [0.25, 0.3) is 0 Å². The summed E-state index contributed by atoms with van der Waals surface area (Å²) in [5.41, 5.74) is 1.01. The number of aryl methyl sites for hydroxylation is 1. The molecule has 1 aliphatic heterocycles. The monoisotopic (exact) mass is 332 g/mol. The Kier molecular flexibility index (Phi) is 4.92. The van der Waals surface area contributed by atoms with Gasteiger partial charge in [0, 0.05) is 19.2 Å². The molecule has 1 unspecified atom stereocenters. The van der Waals surface area contributed by atoms with Crippen LogP contribution in [0.3, 0.4) is 0 Å². The summed E-state index contributed by atoms with van der Waals surface area (Å²) in [6.07, 6.45) is 0.123. The zero-order valence-electron chi connectivity index (χ0n) is 13.8. The van der Waals surface area contributed by atoms with Crippen molar-refractivity contribution in [2.24, 2.45) is 0 Å². The summed E-state index contributed by atoms with van der Waals surface area (Å²) in [5, 5.41) is 7.11. The summed E-state index contributed by atoms with van der Waals surface area (Å²) in [7, 11) is 0. The summed E-state index contributed by atoms with van der Waals surface area (Å²) < 4.78 is 20.9. The van der Waals surface area contributed by atoms with Crippen LogP contribution in [0.5, 0.6) is 0 Å². The van der Waals surface area contributed by atoms with E-state index in [0.717, 1.165) is 13.1 Å². The number of morpholine rings is 1. The molecule has 24 heavy (non-hydrogen) atoms. The lowest BCUT2D eigenvalue weighted by atomic mass is 10.3. The maximum Gasteiger partial charge on any atom is 0.239 e. The van der Waals surface area contributed by atoms with Crippen molar-refractivity contribution in [2.75, 3.05) is 31.6 Å². The Morgan fingerprint density at radius 1 is 1.46 bits per heavy atom. The number of carbonyl (C=O) groups excluding carboxylic acids is 1. The molecule has 1 aromatic carbocycles. The van der Waals surface area contributed by atoms with Crippen LogP contribution in [0.1, 0.15) is 12.6 Å². The third kappa shape index (κ3) is 3.80. The minimum Gasteiger partial charge on any atom is -0.376 e. The van der Waals surface area contributed by atoms with Crippen molar-refractivity contribution in [2.45, 2.75) is 20.0 Å². The van der Waals surface area contributed by atoms with Crippen molar-refractivity contribution in [1.29, 1.82) is 0 Å².